The quantitative estimate of drug-likeness (QED) is 0.754. The number of aryl methyl sites for hydroxylation is 2. The number of nitrogens with one attached hydrogen (secondary N) is 2. The van der Waals surface area contributed by atoms with Gasteiger partial charge in [0.1, 0.15) is 0 Å². The summed E-state index contributed by atoms with van der Waals surface area (Å²) < 4.78 is 0. The summed E-state index contributed by atoms with van der Waals surface area (Å²) in [5.74, 6) is 0. The molecular formula is C14H20N2. The highest BCUT2D eigenvalue weighted by molar-refractivity contribution is 5.84. The predicted molar refractivity (Wildman–Crippen MR) is 69.8 cm³/mol. The molecule has 0 atom stereocenters. The summed E-state index contributed by atoms with van der Waals surface area (Å²) in [4.78, 5) is 3.47. The third kappa shape index (κ3) is 2.27. The number of benzene rings is 1. The van der Waals surface area contributed by atoms with Crippen molar-refractivity contribution in [2.75, 3.05) is 6.54 Å². The summed E-state index contributed by atoms with van der Waals surface area (Å²) in [6, 6.07) is 6.71. The minimum Gasteiger partial charge on any atom is -0.357 e. The highest BCUT2D eigenvalue weighted by Crippen LogP contribution is 2.21. The fourth-order valence-electron chi connectivity index (χ4n) is 2.15. The van der Waals surface area contributed by atoms with E-state index in [-0.39, 0.29) is 0 Å². The molecule has 2 heteroatoms. The van der Waals surface area contributed by atoms with Crippen LogP contribution in [0.15, 0.2) is 18.2 Å². The number of H-pyrrole nitrogens is 1. The van der Waals surface area contributed by atoms with Gasteiger partial charge in [-0.25, -0.2) is 0 Å². The van der Waals surface area contributed by atoms with E-state index in [1.807, 2.05) is 0 Å². The maximum Gasteiger partial charge on any atom is 0.0461 e. The molecule has 16 heavy (non-hydrogen) atoms. The summed E-state index contributed by atoms with van der Waals surface area (Å²) in [5, 5.41) is 4.76. The van der Waals surface area contributed by atoms with Crippen LogP contribution < -0.4 is 5.32 Å². The van der Waals surface area contributed by atoms with Gasteiger partial charge in [0, 0.05) is 23.1 Å². The van der Waals surface area contributed by atoms with Crippen LogP contribution in [0.2, 0.25) is 0 Å². The van der Waals surface area contributed by atoms with E-state index in [1.54, 1.807) is 0 Å². The van der Waals surface area contributed by atoms with Crippen molar-refractivity contribution < 1.29 is 0 Å². The Labute approximate surface area is 97.1 Å². The van der Waals surface area contributed by atoms with Crippen molar-refractivity contribution >= 4 is 10.9 Å². The van der Waals surface area contributed by atoms with Crippen molar-refractivity contribution in [2.45, 2.75) is 33.7 Å². The van der Waals surface area contributed by atoms with Gasteiger partial charge in [-0.15, -0.1) is 0 Å². The first-order valence-corrected chi connectivity index (χ1v) is 6.00. The zero-order valence-electron chi connectivity index (χ0n) is 10.4. The Morgan fingerprint density at radius 1 is 1.19 bits per heavy atom. The van der Waals surface area contributed by atoms with E-state index in [2.05, 4.69) is 49.3 Å². The lowest BCUT2D eigenvalue weighted by Gasteiger charge is -1.99. The van der Waals surface area contributed by atoms with Crippen molar-refractivity contribution in [1.82, 2.24) is 10.3 Å². The van der Waals surface area contributed by atoms with Crippen LogP contribution in [0.3, 0.4) is 0 Å². The van der Waals surface area contributed by atoms with E-state index in [4.69, 9.17) is 0 Å². The molecule has 2 aromatic rings. The number of hydrogen-bond donors (Lipinski definition) is 2. The molecule has 2 rings (SSSR count). The molecule has 0 aliphatic heterocycles. The molecule has 0 spiro atoms. The van der Waals surface area contributed by atoms with Gasteiger partial charge in [-0.2, -0.15) is 0 Å². The van der Waals surface area contributed by atoms with Gasteiger partial charge in [-0.05, 0) is 50.1 Å². The third-order valence-electron chi connectivity index (χ3n) is 2.89. The first-order chi connectivity index (χ1) is 7.70. The fourth-order valence-corrected chi connectivity index (χ4v) is 2.15. The van der Waals surface area contributed by atoms with Crippen LogP contribution in [0.4, 0.5) is 0 Å². The molecule has 0 bridgehead atoms. The second kappa shape index (κ2) is 4.71. The average molecular weight is 216 g/mol. The minimum atomic E-state index is 0.932. The van der Waals surface area contributed by atoms with Crippen LogP contribution >= 0.6 is 0 Å². The summed E-state index contributed by atoms with van der Waals surface area (Å²) in [5.41, 5.74) is 5.20. The monoisotopic (exact) mass is 216 g/mol. The summed E-state index contributed by atoms with van der Waals surface area (Å²) in [6.07, 6.45) is 1.18. The normalized spacial score (nSPS) is 11.2. The lowest BCUT2D eigenvalue weighted by Crippen LogP contribution is -2.13. The standard InChI is InChI=1S/C14H20N2/c1-4-5-15-9-12-8-13-11(3)6-10(2)7-14(13)16-12/h6-8,15-16H,4-5,9H2,1-3H3. The van der Waals surface area contributed by atoms with Crippen molar-refractivity contribution in [3.63, 3.8) is 0 Å². The van der Waals surface area contributed by atoms with E-state index < -0.39 is 0 Å². The Balaban J connectivity index is 2.26. The van der Waals surface area contributed by atoms with Crippen molar-refractivity contribution in [3.05, 3.63) is 35.0 Å². The molecule has 2 nitrogen and oxygen atoms in total. The fraction of sp³-hybridized carbons (Fsp3) is 0.429. The maximum atomic E-state index is 3.47. The smallest absolute Gasteiger partial charge is 0.0461 e. The minimum absolute atomic E-state index is 0.932. The Bertz CT molecular complexity index is 483. The van der Waals surface area contributed by atoms with Crippen LogP contribution in [0.25, 0.3) is 10.9 Å². The predicted octanol–water partition coefficient (Wildman–Crippen LogP) is 3.28. The molecule has 0 unspecified atom stereocenters. The molecule has 2 N–H and O–H groups in total. The molecule has 0 saturated carbocycles. The van der Waals surface area contributed by atoms with Gasteiger partial charge in [0.15, 0.2) is 0 Å². The molecular weight excluding hydrogens is 196 g/mol. The van der Waals surface area contributed by atoms with E-state index in [1.165, 1.54) is 34.1 Å². The molecule has 1 aromatic carbocycles. The number of hydrogen-bond acceptors (Lipinski definition) is 1. The van der Waals surface area contributed by atoms with E-state index >= 15 is 0 Å². The van der Waals surface area contributed by atoms with Gasteiger partial charge in [-0.1, -0.05) is 13.0 Å². The topological polar surface area (TPSA) is 27.8 Å². The van der Waals surface area contributed by atoms with Crippen molar-refractivity contribution in [3.8, 4) is 0 Å². The zero-order chi connectivity index (χ0) is 11.5. The second-order valence-electron chi connectivity index (χ2n) is 4.51. The van der Waals surface area contributed by atoms with Gasteiger partial charge in [0.25, 0.3) is 0 Å². The number of aromatic nitrogens is 1. The number of aromatic amines is 1. The molecule has 86 valence electrons. The number of rotatable bonds is 4. The largest absolute Gasteiger partial charge is 0.357 e. The molecule has 0 saturated heterocycles. The Hall–Kier alpha value is -1.28. The van der Waals surface area contributed by atoms with Crippen LogP contribution in [0, 0.1) is 13.8 Å². The Morgan fingerprint density at radius 3 is 2.75 bits per heavy atom. The summed E-state index contributed by atoms with van der Waals surface area (Å²) in [6.45, 7) is 8.51. The highest BCUT2D eigenvalue weighted by atomic mass is 14.9. The van der Waals surface area contributed by atoms with Gasteiger partial charge in [0.05, 0.1) is 0 Å². The Morgan fingerprint density at radius 2 is 2.00 bits per heavy atom. The van der Waals surface area contributed by atoms with Crippen LogP contribution in [0.5, 0.6) is 0 Å². The van der Waals surface area contributed by atoms with Gasteiger partial charge in [0.2, 0.25) is 0 Å². The van der Waals surface area contributed by atoms with Crippen molar-refractivity contribution in [1.29, 1.82) is 0 Å². The van der Waals surface area contributed by atoms with Gasteiger partial charge in [-0.3, -0.25) is 0 Å². The van der Waals surface area contributed by atoms with Crippen LogP contribution in [-0.4, -0.2) is 11.5 Å². The molecule has 1 heterocycles. The average Bonchev–Trinajstić information content (AvgIpc) is 2.61. The first kappa shape index (κ1) is 11.2. The maximum absolute atomic E-state index is 3.47. The lowest BCUT2D eigenvalue weighted by molar-refractivity contribution is 0.667. The Kier molecular flexibility index (Phi) is 3.30. The van der Waals surface area contributed by atoms with E-state index in [9.17, 15) is 0 Å². The molecule has 0 radical (unpaired) electrons. The van der Waals surface area contributed by atoms with E-state index in [0.29, 0.717) is 0 Å². The van der Waals surface area contributed by atoms with Crippen LogP contribution in [0.1, 0.15) is 30.2 Å². The van der Waals surface area contributed by atoms with Crippen LogP contribution in [-0.2, 0) is 6.54 Å². The third-order valence-corrected chi connectivity index (χ3v) is 2.89. The molecule has 0 amide bonds. The highest BCUT2D eigenvalue weighted by Gasteiger charge is 2.03. The lowest BCUT2D eigenvalue weighted by atomic mass is 10.1. The molecule has 0 aliphatic rings. The first-order valence-electron chi connectivity index (χ1n) is 6.00. The van der Waals surface area contributed by atoms with Gasteiger partial charge < -0.3 is 10.3 Å². The number of fused-ring (bicyclic) bond motifs is 1. The zero-order valence-corrected chi connectivity index (χ0v) is 10.4. The van der Waals surface area contributed by atoms with Crippen molar-refractivity contribution in [2.24, 2.45) is 0 Å². The second-order valence-corrected chi connectivity index (χ2v) is 4.51. The molecule has 0 aliphatic carbocycles. The SMILES string of the molecule is CCCNCc1cc2c(C)cc(C)cc2[nH]1. The van der Waals surface area contributed by atoms with E-state index in [0.717, 1.165) is 13.1 Å². The molecule has 0 fully saturated rings. The summed E-state index contributed by atoms with van der Waals surface area (Å²) >= 11 is 0. The van der Waals surface area contributed by atoms with Gasteiger partial charge >= 0.3 is 0 Å². The molecule has 1 aromatic heterocycles. The summed E-state index contributed by atoms with van der Waals surface area (Å²) in [7, 11) is 0.